The first-order valence-electron chi connectivity index (χ1n) is 8.97. The first kappa shape index (κ1) is 21.4. The van der Waals surface area contributed by atoms with Crippen LogP contribution in [0.4, 0.5) is 5.69 Å². The Kier molecular flexibility index (Phi) is 7.95. The fourth-order valence-corrected chi connectivity index (χ4v) is 2.53. The third-order valence-corrected chi connectivity index (χ3v) is 3.98. The van der Waals surface area contributed by atoms with Crippen LogP contribution in [-0.4, -0.2) is 30.2 Å². The molecule has 0 aliphatic heterocycles. The van der Waals surface area contributed by atoms with Gasteiger partial charge in [-0.2, -0.15) is 0 Å². The minimum absolute atomic E-state index is 0.145. The maximum Gasteiger partial charge on any atom is 0.338 e. The molecule has 6 nitrogen and oxygen atoms in total. The van der Waals surface area contributed by atoms with Crippen molar-refractivity contribution in [1.29, 1.82) is 0 Å². The van der Waals surface area contributed by atoms with E-state index >= 15 is 0 Å². The Bertz CT molecular complexity index is 850. The van der Waals surface area contributed by atoms with Gasteiger partial charge in [0.25, 0.3) is 5.91 Å². The highest BCUT2D eigenvalue weighted by molar-refractivity contribution is 7.80. The Morgan fingerprint density at radius 3 is 2.46 bits per heavy atom. The van der Waals surface area contributed by atoms with Crippen LogP contribution in [0.2, 0.25) is 0 Å². The Morgan fingerprint density at radius 2 is 1.79 bits per heavy atom. The quantitative estimate of drug-likeness (QED) is 0.544. The van der Waals surface area contributed by atoms with Gasteiger partial charge in [-0.15, -0.1) is 0 Å². The number of rotatable bonds is 7. The lowest BCUT2D eigenvalue weighted by molar-refractivity contribution is -0.121. The number of aryl methyl sites for hydroxylation is 2. The molecular weight excluding hydrogens is 376 g/mol. The number of benzene rings is 2. The van der Waals surface area contributed by atoms with Crippen molar-refractivity contribution in [2.75, 3.05) is 18.5 Å². The van der Waals surface area contributed by atoms with Crippen LogP contribution in [0, 0.1) is 13.8 Å². The third kappa shape index (κ3) is 6.66. The van der Waals surface area contributed by atoms with Crippen LogP contribution < -0.4 is 15.4 Å². The minimum atomic E-state index is -0.368. The number of carbonyl (C=O) groups excluding carboxylic acids is 2. The highest BCUT2D eigenvalue weighted by Crippen LogP contribution is 2.18. The Labute approximate surface area is 170 Å². The van der Waals surface area contributed by atoms with E-state index in [9.17, 15) is 9.59 Å². The summed E-state index contributed by atoms with van der Waals surface area (Å²) in [4.78, 5) is 23.8. The van der Waals surface area contributed by atoms with Crippen molar-refractivity contribution in [3.8, 4) is 5.75 Å². The van der Waals surface area contributed by atoms with Gasteiger partial charge in [0.1, 0.15) is 5.75 Å². The summed E-state index contributed by atoms with van der Waals surface area (Å²) < 4.78 is 10.6. The summed E-state index contributed by atoms with van der Waals surface area (Å²) >= 11 is 5.14. The number of ether oxygens (including phenoxy) is 2. The molecule has 2 N–H and O–H groups in total. The van der Waals surface area contributed by atoms with E-state index in [-0.39, 0.29) is 23.6 Å². The number of amides is 1. The van der Waals surface area contributed by atoms with Gasteiger partial charge in [0, 0.05) is 5.69 Å². The van der Waals surface area contributed by atoms with Gasteiger partial charge in [0.05, 0.1) is 12.2 Å². The zero-order valence-electron chi connectivity index (χ0n) is 16.2. The highest BCUT2D eigenvalue weighted by atomic mass is 32.1. The normalized spacial score (nSPS) is 10.1. The van der Waals surface area contributed by atoms with Gasteiger partial charge >= 0.3 is 5.97 Å². The SMILES string of the molecule is CCCOC(=O)c1ccc(NC(=S)NC(=O)COc2cc(C)ccc2C)cc1. The molecule has 0 atom stereocenters. The number of nitrogens with one attached hydrogen (secondary N) is 2. The van der Waals surface area contributed by atoms with Crippen molar-refractivity contribution in [2.24, 2.45) is 0 Å². The molecular formula is C21H24N2O4S. The molecule has 2 aromatic carbocycles. The van der Waals surface area contributed by atoms with Crippen LogP contribution in [-0.2, 0) is 9.53 Å². The van der Waals surface area contributed by atoms with E-state index in [1.165, 1.54) is 0 Å². The smallest absolute Gasteiger partial charge is 0.338 e. The third-order valence-electron chi connectivity index (χ3n) is 3.77. The number of esters is 1. The first-order chi connectivity index (χ1) is 13.4. The number of hydrogen-bond donors (Lipinski definition) is 2. The molecule has 7 heteroatoms. The van der Waals surface area contributed by atoms with Gasteiger partial charge in [0.15, 0.2) is 11.7 Å². The lowest BCUT2D eigenvalue weighted by Crippen LogP contribution is -2.37. The summed E-state index contributed by atoms with van der Waals surface area (Å²) in [6, 6.07) is 12.4. The van der Waals surface area contributed by atoms with Crippen molar-refractivity contribution in [1.82, 2.24) is 5.32 Å². The molecule has 0 spiro atoms. The van der Waals surface area contributed by atoms with Crippen LogP contribution in [0.5, 0.6) is 5.75 Å². The standard InChI is InChI=1S/C21H24N2O4S/c1-4-11-26-20(25)16-7-9-17(10-8-16)22-21(28)23-19(24)13-27-18-12-14(2)5-6-15(18)3/h5-10,12H,4,11,13H2,1-3H3,(H2,22,23,24,28). The molecule has 2 rings (SSSR count). The number of hydrogen-bond acceptors (Lipinski definition) is 5. The molecule has 0 bridgehead atoms. The molecule has 148 valence electrons. The predicted molar refractivity (Wildman–Crippen MR) is 113 cm³/mol. The fraction of sp³-hybridized carbons (Fsp3) is 0.286. The maximum atomic E-state index is 12.0. The van der Waals surface area contributed by atoms with E-state index in [1.54, 1.807) is 24.3 Å². The second kappa shape index (κ2) is 10.4. The number of thiocarbonyl (C=S) groups is 1. The van der Waals surface area contributed by atoms with Gasteiger partial charge in [0.2, 0.25) is 0 Å². The van der Waals surface area contributed by atoms with E-state index in [2.05, 4.69) is 10.6 Å². The van der Waals surface area contributed by atoms with E-state index in [4.69, 9.17) is 21.7 Å². The Morgan fingerprint density at radius 1 is 1.07 bits per heavy atom. The van der Waals surface area contributed by atoms with Crippen molar-refractivity contribution >= 4 is 34.9 Å². The Hall–Kier alpha value is -2.93. The van der Waals surface area contributed by atoms with E-state index in [1.807, 2.05) is 39.0 Å². The van der Waals surface area contributed by atoms with Crippen LogP contribution in [0.15, 0.2) is 42.5 Å². The van der Waals surface area contributed by atoms with Crippen molar-refractivity contribution in [2.45, 2.75) is 27.2 Å². The number of carbonyl (C=O) groups is 2. The van der Waals surface area contributed by atoms with E-state index in [0.29, 0.717) is 23.6 Å². The highest BCUT2D eigenvalue weighted by Gasteiger charge is 2.09. The molecule has 0 aliphatic rings. The van der Waals surface area contributed by atoms with Gasteiger partial charge in [-0.3, -0.25) is 10.1 Å². The lowest BCUT2D eigenvalue weighted by Gasteiger charge is -2.12. The van der Waals surface area contributed by atoms with Gasteiger partial charge < -0.3 is 14.8 Å². The summed E-state index contributed by atoms with van der Waals surface area (Å²) in [5.41, 5.74) is 3.11. The fourth-order valence-electron chi connectivity index (χ4n) is 2.30. The summed E-state index contributed by atoms with van der Waals surface area (Å²) in [7, 11) is 0. The number of anilines is 1. The van der Waals surface area contributed by atoms with Gasteiger partial charge in [-0.1, -0.05) is 19.1 Å². The Balaban J connectivity index is 1.82. The van der Waals surface area contributed by atoms with Crippen molar-refractivity contribution in [3.05, 3.63) is 59.2 Å². The summed E-state index contributed by atoms with van der Waals surface area (Å²) in [6.07, 6.45) is 0.770. The largest absolute Gasteiger partial charge is 0.483 e. The van der Waals surface area contributed by atoms with E-state index < -0.39 is 0 Å². The zero-order chi connectivity index (χ0) is 20.5. The van der Waals surface area contributed by atoms with Crippen LogP contribution in [0.3, 0.4) is 0 Å². The van der Waals surface area contributed by atoms with Gasteiger partial charge in [-0.05, 0) is 73.9 Å². The van der Waals surface area contributed by atoms with Crippen molar-refractivity contribution < 1.29 is 19.1 Å². The van der Waals surface area contributed by atoms with E-state index in [0.717, 1.165) is 17.5 Å². The predicted octanol–water partition coefficient (Wildman–Crippen LogP) is 3.76. The maximum absolute atomic E-state index is 12.0. The molecule has 0 saturated carbocycles. The lowest BCUT2D eigenvalue weighted by atomic mass is 10.1. The average Bonchev–Trinajstić information content (AvgIpc) is 2.67. The molecule has 0 radical (unpaired) electrons. The van der Waals surface area contributed by atoms with Crippen LogP contribution >= 0.6 is 12.2 Å². The molecule has 0 fully saturated rings. The molecule has 28 heavy (non-hydrogen) atoms. The second-order valence-corrected chi connectivity index (χ2v) is 6.68. The second-order valence-electron chi connectivity index (χ2n) is 6.27. The summed E-state index contributed by atoms with van der Waals surface area (Å²) in [6.45, 7) is 6.05. The topological polar surface area (TPSA) is 76.7 Å². The van der Waals surface area contributed by atoms with Gasteiger partial charge in [-0.25, -0.2) is 4.79 Å². The average molecular weight is 401 g/mol. The molecule has 0 heterocycles. The minimum Gasteiger partial charge on any atom is -0.483 e. The first-order valence-corrected chi connectivity index (χ1v) is 9.38. The molecule has 0 aliphatic carbocycles. The van der Waals surface area contributed by atoms with Crippen LogP contribution in [0.1, 0.15) is 34.8 Å². The molecule has 0 saturated heterocycles. The molecule has 1 amide bonds. The molecule has 0 unspecified atom stereocenters. The summed E-state index contributed by atoms with van der Waals surface area (Å²) in [5, 5.41) is 5.60. The summed E-state index contributed by atoms with van der Waals surface area (Å²) in [5.74, 6) is -0.0642. The van der Waals surface area contributed by atoms with Crippen molar-refractivity contribution in [3.63, 3.8) is 0 Å². The molecule has 0 aromatic heterocycles. The zero-order valence-corrected chi connectivity index (χ0v) is 17.0. The van der Waals surface area contributed by atoms with Crippen LogP contribution in [0.25, 0.3) is 0 Å². The molecule has 2 aromatic rings. The monoisotopic (exact) mass is 400 g/mol.